The Morgan fingerprint density at radius 2 is 1.77 bits per heavy atom. The molecule has 35 heavy (non-hydrogen) atoms. The molecule has 0 aliphatic rings. The molecule has 4 rings (SSSR count). The van der Waals surface area contributed by atoms with E-state index in [1.165, 1.54) is 0 Å². The molecule has 0 fully saturated rings. The Morgan fingerprint density at radius 3 is 2.51 bits per heavy atom. The molecular formula is C27H25Cl2N3O3. The van der Waals surface area contributed by atoms with Crippen molar-refractivity contribution in [3.63, 3.8) is 0 Å². The average molecular weight is 510 g/mol. The highest BCUT2D eigenvalue weighted by molar-refractivity contribution is 6.33. The van der Waals surface area contributed by atoms with Crippen molar-refractivity contribution in [1.82, 2.24) is 9.78 Å². The lowest BCUT2D eigenvalue weighted by molar-refractivity contribution is 0.102. The van der Waals surface area contributed by atoms with E-state index in [1.807, 2.05) is 56.3 Å². The van der Waals surface area contributed by atoms with Crippen molar-refractivity contribution in [3.05, 3.63) is 105 Å². The summed E-state index contributed by atoms with van der Waals surface area (Å²) in [5.74, 6) is 1.38. The molecule has 0 aliphatic carbocycles. The molecule has 180 valence electrons. The van der Waals surface area contributed by atoms with E-state index >= 15 is 0 Å². The SMILES string of the molecule is COc1ccc(C(=O)Nc2nn(Cc3ccc(Cl)cc3)cc2Cl)cc1COc1cc(C)ccc1C. The number of hydrogen-bond acceptors (Lipinski definition) is 4. The van der Waals surface area contributed by atoms with E-state index in [-0.39, 0.29) is 18.3 Å². The van der Waals surface area contributed by atoms with Gasteiger partial charge in [0.25, 0.3) is 5.91 Å². The second-order valence-electron chi connectivity index (χ2n) is 8.19. The van der Waals surface area contributed by atoms with Crippen molar-refractivity contribution in [2.75, 3.05) is 12.4 Å². The topological polar surface area (TPSA) is 65.4 Å². The number of halogens is 2. The van der Waals surface area contributed by atoms with Gasteiger partial charge in [0, 0.05) is 22.3 Å². The number of aromatic nitrogens is 2. The predicted octanol–water partition coefficient (Wildman–Crippen LogP) is 6.69. The van der Waals surface area contributed by atoms with Gasteiger partial charge in [0.05, 0.1) is 13.7 Å². The molecule has 8 heteroatoms. The maximum absolute atomic E-state index is 13.0. The molecule has 4 aromatic rings. The number of amides is 1. The number of nitrogens with one attached hydrogen (secondary N) is 1. The standard InChI is InChI=1S/C27H25Cl2N3O3/c1-17-4-5-18(2)25(12-17)35-16-21-13-20(8-11-24(21)34-3)27(33)30-26-23(29)15-32(31-26)14-19-6-9-22(28)10-7-19/h4-13,15H,14,16H2,1-3H3,(H,30,31,33). The molecule has 3 aromatic carbocycles. The fourth-order valence-electron chi connectivity index (χ4n) is 3.57. The monoisotopic (exact) mass is 509 g/mol. The molecule has 0 spiro atoms. The summed E-state index contributed by atoms with van der Waals surface area (Å²) in [6.07, 6.45) is 1.67. The normalized spacial score (nSPS) is 10.8. The quantitative estimate of drug-likeness (QED) is 0.287. The Bertz CT molecular complexity index is 1350. The molecule has 1 aromatic heterocycles. The highest BCUT2D eigenvalue weighted by Crippen LogP contribution is 2.26. The zero-order valence-corrected chi connectivity index (χ0v) is 21.2. The second-order valence-corrected chi connectivity index (χ2v) is 9.03. The number of benzene rings is 3. The van der Waals surface area contributed by atoms with Gasteiger partial charge in [0.2, 0.25) is 0 Å². The third-order valence-electron chi connectivity index (χ3n) is 5.48. The van der Waals surface area contributed by atoms with E-state index in [0.717, 1.165) is 28.0 Å². The van der Waals surface area contributed by atoms with Crippen LogP contribution >= 0.6 is 23.2 Å². The number of anilines is 1. The zero-order valence-electron chi connectivity index (χ0n) is 19.6. The number of rotatable bonds is 8. The lowest BCUT2D eigenvalue weighted by Gasteiger charge is -2.14. The van der Waals surface area contributed by atoms with E-state index in [0.29, 0.717) is 27.9 Å². The van der Waals surface area contributed by atoms with Crippen LogP contribution in [0.2, 0.25) is 10.0 Å². The van der Waals surface area contributed by atoms with Crippen molar-refractivity contribution in [2.45, 2.75) is 27.0 Å². The Labute approximate surface area is 214 Å². The van der Waals surface area contributed by atoms with Gasteiger partial charge in [-0.15, -0.1) is 0 Å². The van der Waals surface area contributed by atoms with Crippen LogP contribution < -0.4 is 14.8 Å². The number of carbonyl (C=O) groups excluding carboxylic acids is 1. The summed E-state index contributed by atoms with van der Waals surface area (Å²) in [6, 6.07) is 18.7. The van der Waals surface area contributed by atoms with Crippen LogP contribution in [0.15, 0.2) is 66.9 Å². The van der Waals surface area contributed by atoms with E-state index in [4.69, 9.17) is 32.7 Å². The number of methoxy groups -OCH3 is 1. The molecule has 0 bridgehead atoms. The van der Waals surface area contributed by atoms with Crippen LogP contribution in [0.3, 0.4) is 0 Å². The highest BCUT2D eigenvalue weighted by Gasteiger charge is 2.15. The van der Waals surface area contributed by atoms with Gasteiger partial charge in [-0.3, -0.25) is 9.48 Å². The summed E-state index contributed by atoms with van der Waals surface area (Å²) in [5.41, 5.74) is 4.34. The minimum Gasteiger partial charge on any atom is -0.496 e. The van der Waals surface area contributed by atoms with Gasteiger partial charge in [-0.2, -0.15) is 5.10 Å². The van der Waals surface area contributed by atoms with Gasteiger partial charge < -0.3 is 14.8 Å². The minimum atomic E-state index is -0.334. The van der Waals surface area contributed by atoms with Gasteiger partial charge in [-0.05, 0) is 66.9 Å². The first-order chi connectivity index (χ1) is 16.8. The lowest BCUT2D eigenvalue weighted by Crippen LogP contribution is -2.14. The fraction of sp³-hybridized carbons (Fsp3) is 0.185. The molecule has 0 saturated carbocycles. The molecule has 1 amide bonds. The summed E-state index contributed by atoms with van der Waals surface area (Å²) in [7, 11) is 1.59. The molecular weight excluding hydrogens is 485 g/mol. The van der Waals surface area contributed by atoms with Crippen molar-refractivity contribution in [1.29, 1.82) is 0 Å². The van der Waals surface area contributed by atoms with Gasteiger partial charge in [-0.25, -0.2) is 0 Å². The molecule has 0 atom stereocenters. The number of aryl methyl sites for hydroxylation is 2. The second kappa shape index (κ2) is 10.8. The summed E-state index contributed by atoms with van der Waals surface area (Å²) in [4.78, 5) is 13.0. The van der Waals surface area contributed by atoms with Crippen molar-refractivity contribution < 1.29 is 14.3 Å². The minimum absolute atomic E-state index is 0.255. The largest absolute Gasteiger partial charge is 0.496 e. The lowest BCUT2D eigenvalue weighted by atomic mass is 10.1. The van der Waals surface area contributed by atoms with Crippen molar-refractivity contribution in [2.24, 2.45) is 0 Å². The summed E-state index contributed by atoms with van der Waals surface area (Å²) in [5, 5.41) is 8.22. The van der Waals surface area contributed by atoms with E-state index < -0.39 is 0 Å². The molecule has 1 N–H and O–H groups in total. The Balaban J connectivity index is 1.48. The maximum atomic E-state index is 13.0. The zero-order chi connectivity index (χ0) is 24.9. The van der Waals surface area contributed by atoms with Crippen LogP contribution in [0.1, 0.15) is 32.6 Å². The third kappa shape index (κ3) is 6.15. The third-order valence-corrected chi connectivity index (χ3v) is 6.00. The van der Waals surface area contributed by atoms with Crippen molar-refractivity contribution in [3.8, 4) is 11.5 Å². The first-order valence-electron chi connectivity index (χ1n) is 11.0. The fourth-order valence-corrected chi connectivity index (χ4v) is 3.89. The van der Waals surface area contributed by atoms with Crippen LogP contribution in [0.4, 0.5) is 5.82 Å². The van der Waals surface area contributed by atoms with E-state index in [1.54, 1.807) is 36.2 Å². The molecule has 0 unspecified atom stereocenters. The van der Waals surface area contributed by atoms with Crippen LogP contribution in [-0.2, 0) is 13.2 Å². The van der Waals surface area contributed by atoms with E-state index in [2.05, 4.69) is 10.4 Å². The summed E-state index contributed by atoms with van der Waals surface area (Å²) < 4.78 is 13.2. The molecule has 6 nitrogen and oxygen atoms in total. The van der Waals surface area contributed by atoms with Gasteiger partial charge in [0.1, 0.15) is 23.1 Å². The molecule has 1 heterocycles. The summed E-state index contributed by atoms with van der Waals surface area (Å²) >= 11 is 12.3. The van der Waals surface area contributed by atoms with Crippen molar-refractivity contribution >= 4 is 34.9 Å². The maximum Gasteiger partial charge on any atom is 0.256 e. The number of ether oxygens (including phenoxy) is 2. The van der Waals surface area contributed by atoms with Crippen LogP contribution in [-0.4, -0.2) is 22.8 Å². The first kappa shape index (κ1) is 24.6. The highest BCUT2D eigenvalue weighted by atomic mass is 35.5. The predicted molar refractivity (Wildman–Crippen MR) is 139 cm³/mol. The molecule has 0 aliphatic heterocycles. The Hall–Kier alpha value is -3.48. The first-order valence-corrected chi connectivity index (χ1v) is 11.7. The number of nitrogens with zero attached hydrogens (tertiary/aromatic N) is 2. The van der Waals surface area contributed by atoms with E-state index in [9.17, 15) is 4.79 Å². The smallest absolute Gasteiger partial charge is 0.256 e. The van der Waals surface area contributed by atoms with Gasteiger partial charge >= 0.3 is 0 Å². The van der Waals surface area contributed by atoms with Gasteiger partial charge in [-0.1, -0.05) is 47.5 Å². The Kier molecular flexibility index (Phi) is 7.63. The summed E-state index contributed by atoms with van der Waals surface area (Å²) in [6.45, 7) is 4.76. The molecule has 0 saturated heterocycles. The average Bonchev–Trinajstić information content (AvgIpc) is 3.19. The number of carbonyl (C=O) groups is 1. The number of hydrogen-bond donors (Lipinski definition) is 1. The Morgan fingerprint density at radius 1 is 1.00 bits per heavy atom. The van der Waals surface area contributed by atoms with Crippen LogP contribution in [0.5, 0.6) is 11.5 Å². The van der Waals surface area contributed by atoms with Crippen LogP contribution in [0.25, 0.3) is 0 Å². The van der Waals surface area contributed by atoms with Crippen LogP contribution in [0, 0.1) is 13.8 Å². The molecule has 0 radical (unpaired) electrons. The van der Waals surface area contributed by atoms with Gasteiger partial charge in [0.15, 0.2) is 5.82 Å².